The van der Waals surface area contributed by atoms with Gasteiger partial charge in [-0.2, -0.15) is 0 Å². The molecule has 1 atom stereocenters. The topological polar surface area (TPSA) is 64.6 Å². The number of methoxy groups -OCH3 is 1. The predicted octanol–water partition coefficient (Wildman–Crippen LogP) is 7.11. The van der Waals surface area contributed by atoms with Crippen molar-refractivity contribution < 1.29 is 23.5 Å². The van der Waals surface area contributed by atoms with E-state index < -0.39 is 12.0 Å². The molecule has 5 aromatic rings. The van der Waals surface area contributed by atoms with Gasteiger partial charge in [0.05, 0.1) is 12.0 Å². The monoisotopic (exact) mass is 553 g/mol. The maximum absolute atomic E-state index is 13.2. The fourth-order valence-corrected chi connectivity index (χ4v) is 5.30. The lowest BCUT2D eigenvalue weighted by molar-refractivity contribution is -0.142. The molecule has 0 bridgehead atoms. The van der Waals surface area contributed by atoms with E-state index in [2.05, 4.69) is 48.6 Å². The van der Waals surface area contributed by atoms with E-state index >= 15 is 0 Å². The van der Waals surface area contributed by atoms with Crippen LogP contribution in [0.3, 0.4) is 0 Å². The molecule has 0 aliphatic carbocycles. The first-order valence-corrected chi connectivity index (χ1v) is 13.6. The molecule has 7 heteroatoms. The number of rotatable bonds is 9. The molecular formula is C33H28FNO4S. The van der Waals surface area contributed by atoms with Crippen LogP contribution in [-0.2, 0) is 22.6 Å². The first-order valence-electron chi connectivity index (χ1n) is 12.8. The first kappa shape index (κ1) is 27.1. The van der Waals surface area contributed by atoms with Crippen LogP contribution in [-0.4, -0.2) is 25.0 Å². The molecule has 5 rings (SSSR count). The van der Waals surface area contributed by atoms with Gasteiger partial charge in [0.25, 0.3) is 5.91 Å². The van der Waals surface area contributed by atoms with Crippen LogP contribution in [0.5, 0.6) is 5.75 Å². The molecule has 0 aliphatic heterocycles. The number of fused-ring (bicyclic) bond motifs is 1. The normalized spacial score (nSPS) is 11.7. The number of amides is 1. The zero-order chi connectivity index (χ0) is 28.1. The minimum atomic E-state index is -0.850. The maximum Gasteiger partial charge on any atom is 0.328 e. The van der Waals surface area contributed by atoms with Crippen molar-refractivity contribution in [2.24, 2.45) is 0 Å². The van der Waals surface area contributed by atoms with Crippen molar-refractivity contribution in [3.63, 3.8) is 0 Å². The number of carbonyl (C=O) groups excluding carboxylic acids is 2. The van der Waals surface area contributed by atoms with Crippen LogP contribution < -0.4 is 10.1 Å². The molecule has 0 fully saturated rings. The molecular weight excluding hydrogens is 525 g/mol. The Morgan fingerprint density at radius 1 is 0.850 bits per heavy atom. The summed E-state index contributed by atoms with van der Waals surface area (Å²) >= 11 is 1.38. The fraction of sp³-hybridized carbons (Fsp3) is 0.152. The van der Waals surface area contributed by atoms with Crippen LogP contribution in [0.2, 0.25) is 0 Å². The Balaban J connectivity index is 1.25. The summed E-state index contributed by atoms with van der Waals surface area (Å²) in [5.41, 5.74) is 5.08. The third kappa shape index (κ3) is 6.55. The number of hydrogen-bond acceptors (Lipinski definition) is 5. The number of thiophene rings is 1. The summed E-state index contributed by atoms with van der Waals surface area (Å²) in [7, 11) is 1.31. The molecule has 0 aliphatic rings. The minimum Gasteiger partial charge on any atom is -0.489 e. The van der Waals surface area contributed by atoms with Crippen molar-refractivity contribution in [3.8, 4) is 16.9 Å². The summed E-state index contributed by atoms with van der Waals surface area (Å²) < 4.78 is 24.8. The molecule has 1 heterocycles. The number of ether oxygens (including phenoxy) is 2. The average Bonchev–Trinajstić information content (AvgIpc) is 3.41. The summed E-state index contributed by atoms with van der Waals surface area (Å²) in [6, 6.07) is 28.9. The van der Waals surface area contributed by atoms with Crippen molar-refractivity contribution in [1.82, 2.24) is 5.32 Å². The number of hydrogen-bond donors (Lipinski definition) is 1. The van der Waals surface area contributed by atoms with E-state index in [0.29, 0.717) is 17.2 Å². The number of esters is 1. The molecule has 0 radical (unpaired) electrons. The number of halogens is 1. The minimum absolute atomic E-state index is 0.263. The van der Waals surface area contributed by atoms with Crippen LogP contribution >= 0.6 is 11.3 Å². The van der Waals surface area contributed by atoms with E-state index in [1.807, 2.05) is 24.3 Å². The van der Waals surface area contributed by atoms with Gasteiger partial charge in [-0.25, -0.2) is 9.18 Å². The van der Waals surface area contributed by atoms with Crippen LogP contribution in [0.15, 0.2) is 97.1 Å². The highest BCUT2D eigenvalue weighted by atomic mass is 32.1. The van der Waals surface area contributed by atoms with Crippen molar-refractivity contribution >= 4 is 33.3 Å². The van der Waals surface area contributed by atoms with Gasteiger partial charge in [0, 0.05) is 11.1 Å². The molecule has 5 nitrogen and oxygen atoms in total. The van der Waals surface area contributed by atoms with E-state index in [0.717, 1.165) is 32.3 Å². The van der Waals surface area contributed by atoms with Gasteiger partial charge in [0.15, 0.2) is 0 Å². The second kappa shape index (κ2) is 12.1. The van der Waals surface area contributed by atoms with E-state index in [9.17, 15) is 14.0 Å². The van der Waals surface area contributed by atoms with E-state index in [1.165, 1.54) is 36.1 Å². The summed E-state index contributed by atoms with van der Waals surface area (Å²) in [5, 5.41) is 3.82. The van der Waals surface area contributed by atoms with E-state index in [1.54, 1.807) is 24.3 Å². The predicted molar refractivity (Wildman–Crippen MR) is 156 cm³/mol. The Morgan fingerprint density at radius 2 is 1.52 bits per heavy atom. The number of nitrogens with one attached hydrogen (secondary N) is 1. The highest BCUT2D eigenvalue weighted by Crippen LogP contribution is 2.30. The van der Waals surface area contributed by atoms with Gasteiger partial charge in [-0.15, -0.1) is 11.3 Å². The SMILES string of the molecule is COC(=O)C(Cc1ccc(OCc2ccc(F)cc2)cc1)NC(=O)c1cc2cc(-c3ccc(C)cc3)ccc2s1. The maximum atomic E-state index is 13.2. The van der Waals surface area contributed by atoms with Crippen molar-refractivity contribution in [2.75, 3.05) is 7.11 Å². The molecule has 202 valence electrons. The largest absolute Gasteiger partial charge is 0.489 e. The Bertz CT molecular complexity index is 1630. The fourth-order valence-electron chi connectivity index (χ4n) is 4.35. The summed E-state index contributed by atoms with van der Waals surface area (Å²) in [6.45, 7) is 2.36. The Hall–Kier alpha value is -4.49. The lowest BCUT2D eigenvalue weighted by Gasteiger charge is -2.16. The number of benzene rings is 4. The molecule has 1 aromatic heterocycles. The molecule has 1 unspecified atom stereocenters. The lowest BCUT2D eigenvalue weighted by atomic mass is 10.0. The average molecular weight is 554 g/mol. The van der Waals surface area contributed by atoms with Crippen LogP contribution in [0.25, 0.3) is 21.2 Å². The summed E-state index contributed by atoms with van der Waals surface area (Å²) in [4.78, 5) is 26.2. The van der Waals surface area contributed by atoms with E-state index in [4.69, 9.17) is 9.47 Å². The molecule has 40 heavy (non-hydrogen) atoms. The standard InChI is InChI=1S/C33H28FNO4S/c1-21-3-9-24(10-4-21)25-11-16-30-26(18-25)19-31(40-30)32(36)35-29(33(37)38-2)17-22-7-14-28(15-8-22)39-20-23-5-12-27(34)13-6-23/h3-16,18-19,29H,17,20H2,1-2H3,(H,35,36). The second-order valence-electron chi connectivity index (χ2n) is 9.54. The first-order chi connectivity index (χ1) is 19.4. The van der Waals surface area contributed by atoms with Gasteiger partial charge in [-0.05, 0) is 77.0 Å². The molecule has 0 saturated carbocycles. The zero-order valence-corrected chi connectivity index (χ0v) is 23.0. The number of carbonyl (C=O) groups is 2. The van der Waals surface area contributed by atoms with Gasteiger partial charge < -0.3 is 14.8 Å². The smallest absolute Gasteiger partial charge is 0.328 e. The van der Waals surface area contributed by atoms with Gasteiger partial charge >= 0.3 is 5.97 Å². The highest BCUT2D eigenvalue weighted by Gasteiger charge is 2.24. The molecule has 1 N–H and O–H groups in total. The second-order valence-corrected chi connectivity index (χ2v) is 10.6. The summed E-state index contributed by atoms with van der Waals surface area (Å²) in [6.07, 6.45) is 0.263. The van der Waals surface area contributed by atoms with Crippen molar-refractivity contribution in [3.05, 3.63) is 124 Å². The third-order valence-electron chi connectivity index (χ3n) is 6.60. The van der Waals surface area contributed by atoms with Gasteiger partial charge in [0.1, 0.15) is 24.2 Å². The van der Waals surface area contributed by atoms with Crippen molar-refractivity contribution in [1.29, 1.82) is 0 Å². The van der Waals surface area contributed by atoms with Gasteiger partial charge in [0.2, 0.25) is 0 Å². The quantitative estimate of drug-likeness (QED) is 0.198. The van der Waals surface area contributed by atoms with Gasteiger partial charge in [-0.3, -0.25) is 4.79 Å². The Morgan fingerprint density at radius 3 is 2.23 bits per heavy atom. The Kier molecular flexibility index (Phi) is 8.22. The summed E-state index contributed by atoms with van der Waals surface area (Å²) in [5.74, 6) is -0.498. The van der Waals surface area contributed by atoms with Gasteiger partial charge in [-0.1, -0.05) is 60.2 Å². The zero-order valence-electron chi connectivity index (χ0n) is 22.1. The Labute approximate surface area is 236 Å². The third-order valence-corrected chi connectivity index (χ3v) is 7.71. The van der Waals surface area contributed by atoms with Crippen LogP contribution in [0, 0.1) is 12.7 Å². The van der Waals surface area contributed by atoms with E-state index in [-0.39, 0.29) is 18.1 Å². The number of aryl methyl sites for hydroxylation is 1. The van der Waals surface area contributed by atoms with Crippen LogP contribution in [0.4, 0.5) is 4.39 Å². The molecule has 1 amide bonds. The van der Waals surface area contributed by atoms with Crippen LogP contribution in [0.1, 0.15) is 26.4 Å². The lowest BCUT2D eigenvalue weighted by Crippen LogP contribution is -2.42. The molecule has 0 spiro atoms. The highest BCUT2D eigenvalue weighted by molar-refractivity contribution is 7.20. The van der Waals surface area contributed by atoms with Crippen molar-refractivity contribution in [2.45, 2.75) is 26.0 Å². The molecule has 4 aromatic carbocycles. The molecule has 0 saturated heterocycles.